The van der Waals surface area contributed by atoms with E-state index in [2.05, 4.69) is 152 Å². The van der Waals surface area contributed by atoms with Crippen LogP contribution in [0.3, 0.4) is 0 Å². The molecule has 1 nitrogen and oxygen atoms in total. The van der Waals surface area contributed by atoms with Crippen molar-refractivity contribution in [2.75, 3.05) is 4.90 Å². The minimum Gasteiger partial charge on any atom is -0.311 e. The number of nitrogens with zero attached hydrogens (tertiary/aromatic N) is 1. The Kier molecular flexibility index (Phi) is 8.84. The standard InChI is InChI=1S/C62H43N/c1-3-14-44(15-4-1)51-21-11-22-52(42-51)45-28-35-55(36-29-45)63(56-37-30-46(31-38-56)53-23-12-24-54(43-53)59-27-13-20-47-16-7-9-25-58(47)59)57-39-32-49(33-40-57)61-41-34-48-17-8-10-26-60(48)62(61)50-18-5-2-6-19-50/h1-43H/i28D,29D,35D,36D. The van der Waals surface area contributed by atoms with E-state index < -0.39 is 0 Å². The average molecular weight is 806 g/mol. The van der Waals surface area contributed by atoms with Gasteiger partial charge in [0.15, 0.2) is 0 Å². The molecule has 63 heavy (non-hydrogen) atoms. The van der Waals surface area contributed by atoms with Crippen LogP contribution in [0.1, 0.15) is 5.48 Å². The van der Waals surface area contributed by atoms with Crippen molar-refractivity contribution in [2.24, 2.45) is 0 Å². The highest BCUT2D eigenvalue weighted by molar-refractivity contribution is 6.04. The van der Waals surface area contributed by atoms with Gasteiger partial charge in [-0.15, -0.1) is 0 Å². The number of hydrogen-bond acceptors (Lipinski definition) is 1. The molecule has 0 bridgehead atoms. The van der Waals surface area contributed by atoms with E-state index >= 15 is 0 Å². The Morgan fingerprint density at radius 2 is 0.714 bits per heavy atom. The number of benzene rings is 11. The fraction of sp³-hybridized carbons (Fsp3) is 0. The minimum atomic E-state index is -0.127. The molecular formula is C62H43N. The predicted molar refractivity (Wildman–Crippen MR) is 269 cm³/mol. The molecule has 296 valence electrons. The van der Waals surface area contributed by atoms with Crippen LogP contribution in [0.25, 0.3) is 88.3 Å². The first kappa shape index (κ1) is 33.5. The van der Waals surface area contributed by atoms with Gasteiger partial charge in [-0.25, -0.2) is 0 Å². The van der Waals surface area contributed by atoms with Gasteiger partial charge in [0.05, 0.1) is 5.48 Å². The van der Waals surface area contributed by atoms with Crippen LogP contribution < -0.4 is 4.90 Å². The SMILES string of the molecule is [2H]c1c([2H])c(N(c2ccc(-c3cccc(-c4cccc5ccccc45)c3)cc2)c2ccc(-c3ccc4ccccc4c3-c3ccccc3)cc2)c([2H])c([2H])c1-c1cccc(-c2ccccc2)c1. The van der Waals surface area contributed by atoms with Gasteiger partial charge in [0.25, 0.3) is 0 Å². The van der Waals surface area contributed by atoms with E-state index in [9.17, 15) is 5.48 Å². The van der Waals surface area contributed by atoms with Crippen molar-refractivity contribution in [3.8, 4) is 66.8 Å². The van der Waals surface area contributed by atoms with Gasteiger partial charge in [-0.3, -0.25) is 0 Å². The van der Waals surface area contributed by atoms with Crippen LogP contribution >= 0.6 is 0 Å². The first-order valence-corrected chi connectivity index (χ1v) is 21.3. The van der Waals surface area contributed by atoms with E-state index in [0.29, 0.717) is 16.9 Å². The summed E-state index contributed by atoms with van der Waals surface area (Å²) in [6, 6.07) is 80.3. The molecule has 0 spiro atoms. The number of hydrogen-bond donors (Lipinski definition) is 0. The van der Waals surface area contributed by atoms with Gasteiger partial charge in [0.1, 0.15) is 0 Å². The highest BCUT2D eigenvalue weighted by atomic mass is 15.1. The molecule has 0 heterocycles. The molecule has 0 aliphatic carbocycles. The molecular weight excluding hydrogens is 759 g/mol. The van der Waals surface area contributed by atoms with Crippen LogP contribution in [0.5, 0.6) is 0 Å². The lowest BCUT2D eigenvalue weighted by atomic mass is 9.90. The molecule has 11 rings (SSSR count). The summed E-state index contributed by atoms with van der Waals surface area (Å²) in [4.78, 5) is 1.86. The maximum Gasteiger partial charge on any atom is 0.0645 e. The summed E-state index contributed by atoms with van der Waals surface area (Å²) in [6.07, 6.45) is 0. The van der Waals surface area contributed by atoms with Crippen LogP contribution in [-0.4, -0.2) is 0 Å². The largest absolute Gasteiger partial charge is 0.311 e. The summed E-state index contributed by atoms with van der Waals surface area (Å²) >= 11 is 0. The van der Waals surface area contributed by atoms with Gasteiger partial charge in [0, 0.05) is 17.1 Å². The molecule has 0 aliphatic rings. The first-order valence-electron chi connectivity index (χ1n) is 23.3. The molecule has 1 heteroatoms. The summed E-state index contributed by atoms with van der Waals surface area (Å²) < 4.78 is 38.3. The zero-order valence-corrected chi connectivity index (χ0v) is 34.5. The second-order valence-corrected chi connectivity index (χ2v) is 15.8. The van der Waals surface area contributed by atoms with Gasteiger partial charge >= 0.3 is 0 Å². The van der Waals surface area contributed by atoms with E-state index in [0.717, 1.165) is 60.8 Å². The van der Waals surface area contributed by atoms with Crippen molar-refractivity contribution in [2.45, 2.75) is 0 Å². The Hall–Kier alpha value is -8.26. The smallest absolute Gasteiger partial charge is 0.0645 e. The van der Waals surface area contributed by atoms with E-state index in [1.807, 2.05) is 89.8 Å². The number of rotatable bonds is 9. The first-order chi connectivity index (χ1) is 32.9. The topological polar surface area (TPSA) is 3.24 Å². The van der Waals surface area contributed by atoms with Crippen LogP contribution in [-0.2, 0) is 0 Å². The summed E-state index contributed by atoms with van der Waals surface area (Å²) in [6.45, 7) is 0. The second kappa shape index (κ2) is 16.7. The van der Waals surface area contributed by atoms with Crippen molar-refractivity contribution in [3.63, 3.8) is 0 Å². The molecule has 0 saturated heterocycles. The molecule has 0 amide bonds. The highest BCUT2D eigenvalue weighted by Crippen LogP contribution is 2.42. The molecule has 0 radical (unpaired) electrons. The van der Waals surface area contributed by atoms with Crippen LogP contribution in [0, 0.1) is 0 Å². The molecule has 0 unspecified atom stereocenters. The van der Waals surface area contributed by atoms with Gasteiger partial charge in [-0.2, -0.15) is 0 Å². The average Bonchev–Trinajstić information content (AvgIpc) is 3.39. The fourth-order valence-corrected chi connectivity index (χ4v) is 8.82. The van der Waals surface area contributed by atoms with Crippen LogP contribution in [0.2, 0.25) is 0 Å². The lowest BCUT2D eigenvalue weighted by Crippen LogP contribution is -2.09. The van der Waals surface area contributed by atoms with E-state index in [-0.39, 0.29) is 35.4 Å². The zero-order chi connectivity index (χ0) is 45.4. The quantitative estimate of drug-likeness (QED) is 0.140. The van der Waals surface area contributed by atoms with E-state index in [1.54, 1.807) is 0 Å². The third-order valence-electron chi connectivity index (χ3n) is 11.9. The third kappa shape index (κ3) is 7.47. The summed E-state index contributed by atoms with van der Waals surface area (Å²) in [5.74, 6) is 0. The normalized spacial score (nSPS) is 12.1. The lowest BCUT2D eigenvalue weighted by Gasteiger charge is -2.26. The molecule has 0 fully saturated rings. The van der Waals surface area contributed by atoms with Gasteiger partial charge in [-0.1, -0.05) is 212 Å². The maximum atomic E-state index is 9.65. The van der Waals surface area contributed by atoms with Crippen molar-refractivity contribution in [1.82, 2.24) is 0 Å². The lowest BCUT2D eigenvalue weighted by molar-refractivity contribution is 1.28. The van der Waals surface area contributed by atoms with Crippen LogP contribution in [0.15, 0.2) is 261 Å². The van der Waals surface area contributed by atoms with Gasteiger partial charge in [0.2, 0.25) is 0 Å². The van der Waals surface area contributed by atoms with Gasteiger partial charge < -0.3 is 4.90 Å². The zero-order valence-electron chi connectivity index (χ0n) is 38.5. The molecule has 0 saturated carbocycles. The fourth-order valence-electron chi connectivity index (χ4n) is 8.82. The molecule has 0 aromatic heterocycles. The Morgan fingerprint density at radius 3 is 1.38 bits per heavy atom. The van der Waals surface area contributed by atoms with Crippen molar-refractivity contribution in [3.05, 3.63) is 261 Å². The van der Waals surface area contributed by atoms with E-state index in [1.165, 1.54) is 16.3 Å². The van der Waals surface area contributed by atoms with Crippen molar-refractivity contribution in [1.29, 1.82) is 0 Å². The Labute approximate surface area is 375 Å². The monoisotopic (exact) mass is 805 g/mol. The molecule has 11 aromatic rings. The molecule has 11 aromatic carbocycles. The molecule has 0 N–H and O–H groups in total. The Bertz CT molecular complexity index is 3570. The molecule has 0 atom stereocenters. The van der Waals surface area contributed by atoms with Gasteiger partial charge in [-0.05, 0) is 137 Å². The van der Waals surface area contributed by atoms with Crippen molar-refractivity contribution < 1.29 is 5.48 Å². The minimum absolute atomic E-state index is 0.103. The van der Waals surface area contributed by atoms with E-state index in [4.69, 9.17) is 0 Å². The summed E-state index contributed by atoms with van der Waals surface area (Å²) in [5.41, 5.74) is 13.2. The number of fused-ring (bicyclic) bond motifs is 2. The predicted octanol–water partition coefficient (Wildman–Crippen LogP) is 17.5. The van der Waals surface area contributed by atoms with Crippen molar-refractivity contribution >= 4 is 38.6 Å². The summed E-state index contributed by atoms with van der Waals surface area (Å²) in [7, 11) is 0. The highest BCUT2D eigenvalue weighted by Gasteiger charge is 2.17. The van der Waals surface area contributed by atoms with Crippen LogP contribution in [0.4, 0.5) is 17.1 Å². The Morgan fingerprint density at radius 1 is 0.254 bits per heavy atom. The Balaban J connectivity index is 1.04. The summed E-state index contributed by atoms with van der Waals surface area (Å²) in [5, 5.41) is 4.72. The third-order valence-corrected chi connectivity index (χ3v) is 11.9. The second-order valence-electron chi connectivity index (χ2n) is 15.8. The number of anilines is 3. The maximum absolute atomic E-state index is 9.65. The molecule has 0 aliphatic heterocycles.